The highest BCUT2D eigenvalue weighted by Gasteiger charge is 2.23. The van der Waals surface area contributed by atoms with Gasteiger partial charge in [-0.05, 0) is 57.3 Å². The molecule has 0 saturated heterocycles. The van der Waals surface area contributed by atoms with Gasteiger partial charge in [0.2, 0.25) is 21.7 Å². The van der Waals surface area contributed by atoms with Gasteiger partial charge in [-0.2, -0.15) is 0 Å². The summed E-state index contributed by atoms with van der Waals surface area (Å²) in [5.41, 5.74) is 0.384. The summed E-state index contributed by atoms with van der Waals surface area (Å²) < 4.78 is 46.0. The third kappa shape index (κ3) is 4.63. The Balaban J connectivity index is 1.81. The van der Waals surface area contributed by atoms with E-state index in [4.69, 9.17) is 14.3 Å². The number of nitrogens with zero attached hydrogens (tertiary/aromatic N) is 4. The highest BCUT2D eigenvalue weighted by molar-refractivity contribution is 9.10. The number of hydrogen-bond acceptors (Lipinski definition) is 9. The summed E-state index contributed by atoms with van der Waals surface area (Å²) in [6.45, 7) is 0.348. The van der Waals surface area contributed by atoms with Crippen molar-refractivity contribution in [2.75, 3.05) is 17.6 Å². The number of unbranched alkanes of at least 4 members (excludes halogenated alkanes) is 1. The van der Waals surface area contributed by atoms with Crippen LogP contribution < -0.4 is 16.2 Å². The zero-order valence-corrected chi connectivity index (χ0v) is 16.5. The number of aromatic nitrogens is 4. The highest BCUT2D eigenvalue weighted by atomic mass is 79.9. The molecular weight excluding hydrogens is 463 g/mol. The second-order valence-corrected chi connectivity index (χ2v) is 8.26. The number of hydrogen-bond donors (Lipinski definition) is 2. The molecule has 3 rings (SSSR count). The number of halogens is 2. The van der Waals surface area contributed by atoms with E-state index in [1.807, 2.05) is 0 Å². The van der Waals surface area contributed by atoms with Crippen molar-refractivity contribution in [3.63, 3.8) is 0 Å². The van der Waals surface area contributed by atoms with Gasteiger partial charge in [0.1, 0.15) is 5.82 Å². The maximum absolute atomic E-state index is 13.5. The van der Waals surface area contributed by atoms with Crippen LogP contribution in [0.25, 0.3) is 17.2 Å². The van der Waals surface area contributed by atoms with Gasteiger partial charge in [0.15, 0.2) is 5.69 Å². The topological polar surface area (TPSA) is 159 Å². The average Bonchev–Trinajstić information content (AvgIpc) is 3.22. The highest BCUT2D eigenvalue weighted by Crippen LogP contribution is 2.26. The Labute approximate surface area is 165 Å². The fraction of sp³-hybridized carbons (Fsp3) is 0.286. The molecule has 0 aliphatic rings. The lowest BCUT2D eigenvalue weighted by atomic mass is 10.3. The van der Waals surface area contributed by atoms with Crippen LogP contribution in [0.1, 0.15) is 12.8 Å². The van der Waals surface area contributed by atoms with Crippen molar-refractivity contribution < 1.29 is 22.0 Å². The van der Waals surface area contributed by atoms with Crippen LogP contribution in [0.5, 0.6) is 0 Å². The second kappa shape index (κ2) is 8.20. The first-order valence-electron chi connectivity index (χ1n) is 7.87. The predicted molar refractivity (Wildman–Crippen MR) is 98.7 cm³/mol. The SMILES string of the molecule is NS(=O)(=O)CCCCNc1nonc1-c1noc(=O)n1-c1ccc(F)c(Br)c1. The Hall–Kier alpha value is -2.58. The minimum absolute atomic E-state index is 0.00297. The smallest absolute Gasteiger partial charge is 0.365 e. The molecule has 0 saturated carbocycles. The van der Waals surface area contributed by atoms with Crippen molar-refractivity contribution in [3.05, 3.63) is 39.0 Å². The van der Waals surface area contributed by atoms with E-state index in [1.165, 1.54) is 18.2 Å². The van der Waals surface area contributed by atoms with Crippen LogP contribution in [0.15, 0.2) is 36.6 Å². The average molecular weight is 477 g/mol. The van der Waals surface area contributed by atoms with Crippen LogP contribution in [0.4, 0.5) is 10.2 Å². The van der Waals surface area contributed by atoms with Gasteiger partial charge in [-0.25, -0.2) is 31.9 Å². The Kier molecular flexibility index (Phi) is 5.90. The van der Waals surface area contributed by atoms with E-state index in [2.05, 4.69) is 36.7 Å². The lowest BCUT2D eigenvalue weighted by Crippen LogP contribution is -2.17. The molecule has 0 aliphatic carbocycles. The summed E-state index contributed by atoms with van der Waals surface area (Å²) in [7, 11) is -3.51. The number of nitrogens with one attached hydrogen (secondary N) is 1. The van der Waals surface area contributed by atoms with Crippen LogP contribution in [-0.4, -0.2) is 40.8 Å². The van der Waals surface area contributed by atoms with Crippen molar-refractivity contribution in [2.24, 2.45) is 5.14 Å². The van der Waals surface area contributed by atoms with Gasteiger partial charge in [0.05, 0.1) is 15.9 Å². The molecule has 0 bridgehead atoms. The molecule has 3 aromatic rings. The third-order valence-electron chi connectivity index (χ3n) is 3.61. The normalized spacial score (nSPS) is 11.7. The minimum Gasteiger partial charge on any atom is -0.365 e. The predicted octanol–water partition coefficient (Wildman–Crippen LogP) is 1.26. The standard InChI is InChI=1S/C14H14BrFN6O5S/c15-9-7-8(3-4-10(9)16)22-13(21-26-14(22)23)11-12(20-27-19-11)18-5-1-2-6-28(17,24)25/h3-4,7H,1-2,5-6H2,(H,18,20)(H2,17,24,25). The molecule has 0 amide bonds. The van der Waals surface area contributed by atoms with E-state index in [9.17, 15) is 17.6 Å². The van der Waals surface area contributed by atoms with Gasteiger partial charge >= 0.3 is 5.76 Å². The molecule has 0 aliphatic heterocycles. The fourth-order valence-electron chi connectivity index (χ4n) is 2.34. The molecule has 0 unspecified atom stereocenters. The lowest BCUT2D eigenvalue weighted by Gasteiger charge is -2.06. The van der Waals surface area contributed by atoms with Crippen LogP contribution >= 0.6 is 15.9 Å². The molecule has 2 heterocycles. The summed E-state index contributed by atoms with van der Waals surface area (Å²) >= 11 is 3.05. The van der Waals surface area contributed by atoms with E-state index in [0.29, 0.717) is 19.4 Å². The Morgan fingerprint density at radius 1 is 1.25 bits per heavy atom. The summed E-state index contributed by atoms with van der Waals surface area (Å²) in [6.07, 6.45) is 0.837. The van der Waals surface area contributed by atoms with Crippen LogP contribution in [-0.2, 0) is 10.0 Å². The van der Waals surface area contributed by atoms with Gasteiger partial charge in [-0.15, -0.1) is 0 Å². The molecular formula is C14H14BrFN6O5S. The van der Waals surface area contributed by atoms with Crippen molar-refractivity contribution in [3.8, 4) is 17.2 Å². The van der Waals surface area contributed by atoms with E-state index in [1.54, 1.807) is 0 Å². The summed E-state index contributed by atoms with van der Waals surface area (Å²) in [6, 6.07) is 3.93. The second-order valence-electron chi connectivity index (χ2n) is 5.67. The molecule has 0 spiro atoms. The molecule has 150 valence electrons. The van der Waals surface area contributed by atoms with Gasteiger partial charge in [-0.1, -0.05) is 5.16 Å². The molecule has 14 heteroatoms. The van der Waals surface area contributed by atoms with Crippen molar-refractivity contribution in [1.82, 2.24) is 20.0 Å². The monoisotopic (exact) mass is 476 g/mol. The lowest BCUT2D eigenvalue weighted by molar-refractivity contribution is 0.309. The molecule has 0 radical (unpaired) electrons. The summed E-state index contributed by atoms with van der Waals surface area (Å²) in [5.74, 6) is -1.27. The zero-order chi connectivity index (χ0) is 20.3. The van der Waals surface area contributed by atoms with Crippen LogP contribution in [0.3, 0.4) is 0 Å². The summed E-state index contributed by atoms with van der Waals surface area (Å²) in [5, 5.41) is 19.0. The van der Waals surface area contributed by atoms with Crippen molar-refractivity contribution >= 4 is 31.8 Å². The molecule has 3 N–H and O–H groups in total. The number of nitrogens with two attached hydrogens (primary N) is 1. The minimum atomic E-state index is -3.51. The Bertz CT molecular complexity index is 1140. The van der Waals surface area contributed by atoms with Gasteiger partial charge < -0.3 is 5.32 Å². The number of sulfonamides is 1. The number of rotatable bonds is 8. The van der Waals surface area contributed by atoms with Crippen molar-refractivity contribution in [1.29, 1.82) is 0 Å². The van der Waals surface area contributed by atoms with Gasteiger partial charge in [-0.3, -0.25) is 4.52 Å². The van der Waals surface area contributed by atoms with Gasteiger partial charge in [0.25, 0.3) is 0 Å². The maximum atomic E-state index is 13.5. The molecule has 0 atom stereocenters. The maximum Gasteiger partial charge on any atom is 0.446 e. The van der Waals surface area contributed by atoms with E-state index < -0.39 is 21.6 Å². The van der Waals surface area contributed by atoms with Crippen LogP contribution in [0.2, 0.25) is 0 Å². The van der Waals surface area contributed by atoms with Gasteiger partial charge in [0, 0.05) is 6.54 Å². The molecule has 28 heavy (non-hydrogen) atoms. The first kappa shape index (κ1) is 20.2. The number of anilines is 1. The third-order valence-corrected chi connectivity index (χ3v) is 5.08. The number of benzene rings is 1. The van der Waals surface area contributed by atoms with Crippen molar-refractivity contribution in [2.45, 2.75) is 12.8 Å². The Morgan fingerprint density at radius 2 is 2.04 bits per heavy atom. The largest absolute Gasteiger partial charge is 0.446 e. The van der Waals surface area contributed by atoms with E-state index >= 15 is 0 Å². The molecule has 1 aromatic carbocycles. The quantitative estimate of drug-likeness (QED) is 0.456. The fourth-order valence-corrected chi connectivity index (χ4v) is 3.31. The number of primary sulfonamides is 1. The Morgan fingerprint density at radius 3 is 2.75 bits per heavy atom. The summed E-state index contributed by atoms with van der Waals surface area (Å²) in [4.78, 5) is 12.1. The zero-order valence-electron chi connectivity index (χ0n) is 14.1. The molecule has 2 aromatic heterocycles. The molecule has 11 nitrogen and oxygen atoms in total. The first-order chi connectivity index (χ1) is 13.3. The molecule has 0 fully saturated rings. The first-order valence-corrected chi connectivity index (χ1v) is 10.4. The van der Waals surface area contributed by atoms with E-state index in [-0.39, 0.29) is 33.2 Å². The van der Waals surface area contributed by atoms with Crippen LogP contribution in [0, 0.1) is 5.82 Å². The van der Waals surface area contributed by atoms with E-state index in [0.717, 1.165) is 4.57 Å².